The summed E-state index contributed by atoms with van der Waals surface area (Å²) >= 11 is 3.34. The van der Waals surface area contributed by atoms with Crippen molar-refractivity contribution in [1.82, 2.24) is 0 Å². The molecule has 0 aliphatic carbocycles. The molecule has 0 fully saturated rings. The number of methoxy groups -OCH3 is 1. The Labute approximate surface area is 109 Å². The summed E-state index contributed by atoms with van der Waals surface area (Å²) in [4.78, 5) is 0. The second-order valence-electron chi connectivity index (χ2n) is 3.78. The van der Waals surface area contributed by atoms with Gasteiger partial charge in [-0.15, -0.1) is 0 Å². The first-order valence-electron chi connectivity index (χ1n) is 5.30. The molecule has 0 spiro atoms. The number of aromatic hydroxyl groups is 1. The zero-order valence-corrected chi connectivity index (χ0v) is 11.1. The molecule has 0 heterocycles. The minimum Gasteiger partial charge on any atom is -0.508 e. The molecular formula is C14H13BrO2. The molecule has 0 atom stereocenters. The zero-order chi connectivity index (χ0) is 12.3. The van der Waals surface area contributed by atoms with E-state index < -0.39 is 0 Å². The van der Waals surface area contributed by atoms with Crippen LogP contribution in [0.1, 0.15) is 11.1 Å². The van der Waals surface area contributed by atoms with E-state index >= 15 is 0 Å². The molecule has 0 aromatic heterocycles. The highest BCUT2D eigenvalue weighted by atomic mass is 79.9. The van der Waals surface area contributed by atoms with Gasteiger partial charge in [-0.25, -0.2) is 0 Å². The number of rotatable bonds is 3. The Morgan fingerprint density at radius 3 is 2.53 bits per heavy atom. The summed E-state index contributed by atoms with van der Waals surface area (Å²) in [7, 11) is 1.61. The fourth-order valence-electron chi connectivity index (χ4n) is 1.70. The van der Waals surface area contributed by atoms with Crippen molar-refractivity contribution in [3.05, 3.63) is 58.1 Å². The smallest absolute Gasteiger partial charge is 0.133 e. The number of halogens is 1. The number of phenols is 1. The van der Waals surface area contributed by atoms with E-state index in [-0.39, 0.29) is 5.75 Å². The second-order valence-corrected chi connectivity index (χ2v) is 4.63. The maximum absolute atomic E-state index is 9.89. The molecule has 0 saturated heterocycles. The van der Waals surface area contributed by atoms with E-state index in [1.807, 2.05) is 36.4 Å². The monoisotopic (exact) mass is 292 g/mol. The standard InChI is InChI=1S/C14H13BrO2/c1-17-14-8-11(13(16)9-12(14)15)7-10-5-3-2-4-6-10/h2-6,8-9,16H,7H2,1H3. The highest BCUT2D eigenvalue weighted by molar-refractivity contribution is 9.10. The SMILES string of the molecule is COc1cc(Cc2ccccc2)c(O)cc1Br. The van der Waals surface area contributed by atoms with Gasteiger partial charge in [0.05, 0.1) is 11.6 Å². The number of ether oxygens (including phenoxy) is 1. The molecule has 2 aromatic rings. The van der Waals surface area contributed by atoms with Crippen molar-refractivity contribution in [3.63, 3.8) is 0 Å². The van der Waals surface area contributed by atoms with E-state index in [2.05, 4.69) is 15.9 Å². The highest BCUT2D eigenvalue weighted by Crippen LogP contribution is 2.33. The van der Waals surface area contributed by atoms with Crippen LogP contribution in [0.4, 0.5) is 0 Å². The average Bonchev–Trinajstić information content (AvgIpc) is 2.34. The molecular weight excluding hydrogens is 280 g/mol. The third-order valence-electron chi connectivity index (χ3n) is 2.59. The van der Waals surface area contributed by atoms with E-state index in [1.54, 1.807) is 13.2 Å². The van der Waals surface area contributed by atoms with E-state index in [1.165, 1.54) is 0 Å². The average molecular weight is 293 g/mol. The van der Waals surface area contributed by atoms with Crippen molar-refractivity contribution in [2.24, 2.45) is 0 Å². The van der Waals surface area contributed by atoms with Gasteiger partial charge in [0, 0.05) is 12.0 Å². The van der Waals surface area contributed by atoms with Crippen LogP contribution in [-0.4, -0.2) is 12.2 Å². The summed E-state index contributed by atoms with van der Waals surface area (Å²) in [5.74, 6) is 1.01. The van der Waals surface area contributed by atoms with E-state index in [0.29, 0.717) is 6.42 Å². The minimum absolute atomic E-state index is 0.279. The predicted octanol–water partition coefficient (Wildman–Crippen LogP) is 3.75. The van der Waals surface area contributed by atoms with Gasteiger partial charge in [-0.1, -0.05) is 30.3 Å². The summed E-state index contributed by atoms with van der Waals surface area (Å²) in [6.07, 6.45) is 0.691. The van der Waals surface area contributed by atoms with Crippen LogP contribution in [0.2, 0.25) is 0 Å². The van der Waals surface area contributed by atoms with Crippen LogP contribution in [0.5, 0.6) is 11.5 Å². The predicted molar refractivity (Wildman–Crippen MR) is 71.6 cm³/mol. The fraction of sp³-hybridized carbons (Fsp3) is 0.143. The third kappa shape index (κ3) is 2.80. The summed E-state index contributed by atoms with van der Waals surface area (Å²) in [6, 6.07) is 13.5. The van der Waals surface area contributed by atoms with Gasteiger partial charge in [0.25, 0.3) is 0 Å². The summed E-state index contributed by atoms with van der Waals surface area (Å²) in [5, 5.41) is 9.89. The lowest BCUT2D eigenvalue weighted by Crippen LogP contribution is -1.92. The fourth-order valence-corrected chi connectivity index (χ4v) is 2.19. The van der Waals surface area contributed by atoms with Crippen molar-refractivity contribution < 1.29 is 9.84 Å². The number of benzene rings is 2. The van der Waals surface area contributed by atoms with Crippen molar-refractivity contribution in [2.45, 2.75) is 6.42 Å². The van der Waals surface area contributed by atoms with E-state index in [0.717, 1.165) is 21.3 Å². The lowest BCUT2D eigenvalue weighted by Gasteiger charge is -2.09. The molecule has 0 saturated carbocycles. The molecule has 3 heteroatoms. The molecule has 0 aliphatic heterocycles. The van der Waals surface area contributed by atoms with Gasteiger partial charge in [0.15, 0.2) is 0 Å². The molecule has 0 amide bonds. The van der Waals surface area contributed by atoms with Crippen LogP contribution in [0.3, 0.4) is 0 Å². The van der Waals surface area contributed by atoms with Crippen LogP contribution in [-0.2, 0) is 6.42 Å². The number of hydrogen-bond acceptors (Lipinski definition) is 2. The molecule has 0 unspecified atom stereocenters. The van der Waals surface area contributed by atoms with E-state index in [9.17, 15) is 5.11 Å². The van der Waals surface area contributed by atoms with Crippen LogP contribution < -0.4 is 4.74 Å². The normalized spacial score (nSPS) is 10.2. The summed E-state index contributed by atoms with van der Waals surface area (Å²) < 4.78 is 5.98. The van der Waals surface area contributed by atoms with Crippen molar-refractivity contribution in [2.75, 3.05) is 7.11 Å². The maximum atomic E-state index is 9.89. The Bertz CT molecular complexity index is 509. The van der Waals surface area contributed by atoms with Gasteiger partial charge in [0.1, 0.15) is 11.5 Å². The maximum Gasteiger partial charge on any atom is 0.133 e. The molecule has 0 radical (unpaired) electrons. The lowest BCUT2D eigenvalue weighted by atomic mass is 10.0. The van der Waals surface area contributed by atoms with Gasteiger partial charge >= 0.3 is 0 Å². The van der Waals surface area contributed by atoms with Gasteiger partial charge in [-0.3, -0.25) is 0 Å². The third-order valence-corrected chi connectivity index (χ3v) is 3.21. The minimum atomic E-state index is 0.279. The molecule has 2 rings (SSSR count). The van der Waals surface area contributed by atoms with Gasteiger partial charge in [0.2, 0.25) is 0 Å². The Balaban J connectivity index is 2.33. The Hall–Kier alpha value is -1.48. The Morgan fingerprint density at radius 1 is 1.18 bits per heavy atom. The first kappa shape index (κ1) is 12.0. The van der Waals surface area contributed by atoms with Crippen molar-refractivity contribution in [1.29, 1.82) is 0 Å². The molecule has 88 valence electrons. The zero-order valence-electron chi connectivity index (χ0n) is 9.48. The molecule has 2 nitrogen and oxygen atoms in total. The largest absolute Gasteiger partial charge is 0.508 e. The van der Waals surface area contributed by atoms with Gasteiger partial charge in [-0.05, 0) is 33.6 Å². The van der Waals surface area contributed by atoms with Crippen LogP contribution in [0, 0.1) is 0 Å². The molecule has 2 aromatic carbocycles. The molecule has 1 N–H and O–H groups in total. The van der Waals surface area contributed by atoms with Crippen molar-refractivity contribution >= 4 is 15.9 Å². The van der Waals surface area contributed by atoms with Gasteiger partial charge in [-0.2, -0.15) is 0 Å². The van der Waals surface area contributed by atoms with Crippen molar-refractivity contribution in [3.8, 4) is 11.5 Å². The number of phenolic OH excluding ortho intramolecular Hbond substituents is 1. The van der Waals surface area contributed by atoms with E-state index in [4.69, 9.17) is 4.74 Å². The second kappa shape index (κ2) is 5.23. The quantitative estimate of drug-likeness (QED) is 0.933. The Kier molecular flexibility index (Phi) is 3.69. The van der Waals surface area contributed by atoms with Crippen LogP contribution >= 0.6 is 15.9 Å². The van der Waals surface area contributed by atoms with Gasteiger partial charge < -0.3 is 9.84 Å². The van der Waals surface area contributed by atoms with Crippen LogP contribution in [0.15, 0.2) is 46.9 Å². The first-order chi connectivity index (χ1) is 8.20. The summed E-state index contributed by atoms with van der Waals surface area (Å²) in [5.41, 5.74) is 2.02. The Morgan fingerprint density at radius 2 is 1.88 bits per heavy atom. The first-order valence-corrected chi connectivity index (χ1v) is 6.09. The lowest BCUT2D eigenvalue weighted by molar-refractivity contribution is 0.408. The molecule has 0 aliphatic rings. The number of hydrogen-bond donors (Lipinski definition) is 1. The van der Waals surface area contributed by atoms with Crippen LogP contribution in [0.25, 0.3) is 0 Å². The molecule has 17 heavy (non-hydrogen) atoms. The summed E-state index contributed by atoms with van der Waals surface area (Å²) in [6.45, 7) is 0. The topological polar surface area (TPSA) is 29.5 Å². The molecule has 0 bridgehead atoms. The highest BCUT2D eigenvalue weighted by Gasteiger charge is 2.08.